The Bertz CT molecular complexity index is 266. The number of carbonyl (C=O) groups excluding carboxylic acids is 1. The summed E-state index contributed by atoms with van der Waals surface area (Å²) in [7, 11) is 0. The minimum atomic E-state index is -0.154. The number of hydrogen-bond donors (Lipinski definition) is 1. The van der Waals surface area contributed by atoms with Crippen LogP contribution < -0.4 is 5.32 Å². The molecule has 0 aromatic rings. The van der Waals surface area contributed by atoms with Gasteiger partial charge >= 0.3 is 5.97 Å². The molecule has 0 radical (unpaired) electrons. The summed E-state index contributed by atoms with van der Waals surface area (Å²) in [6.45, 7) is 14.1. The maximum absolute atomic E-state index is 11.9. The maximum atomic E-state index is 11.9. The Labute approximate surface area is 123 Å². The van der Waals surface area contributed by atoms with Gasteiger partial charge in [-0.3, -0.25) is 4.79 Å². The Morgan fingerprint density at radius 1 is 1.15 bits per heavy atom. The molecule has 1 fully saturated rings. The van der Waals surface area contributed by atoms with Crippen molar-refractivity contribution in [1.82, 2.24) is 15.1 Å². The van der Waals surface area contributed by atoms with E-state index in [1.807, 2.05) is 6.92 Å². The topological polar surface area (TPSA) is 44.8 Å². The first-order valence-corrected chi connectivity index (χ1v) is 8.05. The second-order valence-electron chi connectivity index (χ2n) is 5.32. The molecular formula is C15H31N3O2. The maximum Gasteiger partial charge on any atom is 0.323 e. The number of hydrogen-bond acceptors (Lipinski definition) is 5. The highest BCUT2D eigenvalue weighted by Crippen LogP contribution is 2.05. The molecule has 0 bridgehead atoms. The molecule has 1 aliphatic heterocycles. The van der Waals surface area contributed by atoms with Crippen LogP contribution in [0, 0.1) is 0 Å². The quantitative estimate of drug-likeness (QED) is 0.639. The molecule has 1 N–H and O–H groups in total. The summed E-state index contributed by atoms with van der Waals surface area (Å²) >= 11 is 0. The Hall–Kier alpha value is -0.650. The molecule has 0 spiro atoms. The van der Waals surface area contributed by atoms with E-state index in [9.17, 15) is 4.79 Å². The number of nitrogens with one attached hydrogen (secondary N) is 1. The highest BCUT2D eigenvalue weighted by atomic mass is 16.5. The van der Waals surface area contributed by atoms with Crippen molar-refractivity contribution < 1.29 is 9.53 Å². The van der Waals surface area contributed by atoms with Crippen LogP contribution in [0.15, 0.2) is 0 Å². The Morgan fingerprint density at radius 3 is 2.35 bits per heavy atom. The van der Waals surface area contributed by atoms with Gasteiger partial charge in [0, 0.05) is 32.7 Å². The van der Waals surface area contributed by atoms with Crippen molar-refractivity contribution in [3.63, 3.8) is 0 Å². The van der Waals surface area contributed by atoms with E-state index in [-0.39, 0.29) is 12.0 Å². The van der Waals surface area contributed by atoms with Gasteiger partial charge in [0.25, 0.3) is 0 Å². The zero-order valence-electron chi connectivity index (χ0n) is 13.4. The summed E-state index contributed by atoms with van der Waals surface area (Å²) in [6, 6.07) is -0.154. The lowest BCUT2D eigenvalue weighted by Gasteiger charge is -2.34. The van der Waals surface area contributed by atoms with Crippen LogP contribution in [0.2, 0.25) is 0 Å². The third-order valence-electron chi connectivity index (χ3n) is 3.86. The van der Waals surface area contributed by atoms with Crippen LogP contribution >= 0.6 is 0 Å². The summed E-state index contributed by atoms with van der Waals surface area (Å²) in [5.74, 6) is -0.104. The lowest BCUT2D eigenvalue weighted by Crippen LogP contribution is -2.48. The SMILES string of the molecule is CCCNC(CCN1CCN(CC)CC1)C(=O)OCC. The molecular weight excluding hydrogens is 254 g/mol. The average molecular weight is 285 g/mol. The second kappa shape index (κ2) is 10.1. The first-order valence-electron chi connectivity index (χ1n) is 8.05. The number of esters is 1. The first-order chi connectivity index (χ1) is 9.71. The number of rotatable bonds is 9. The number of likely N-dealkylation sites (N-methyl/N-ethyl adjacent to an activating group) is 1. The monoisotopic (exact) mass is 285 g/mol. The predicted octanol–water partition coefficient (Wildman–Crippen LogP) is 0.945. The highest BCUT2D eigenvalue weighted by Gasteiger charge is 2.21. The van der Waals surface area contributed by atoms with E-state index in [2.05, 4.69) is 29.0 Å². The minimum absolute atomic E-state index is 0.104. The molecule has 0 amide bonds. The van der Waals surface area contributed by atoms with Gasteiger partial charge in [-0.15, -0.1) is 0 Å². The fourth-order valence-electron chi connectivity index (χ4n) is 2.51. The van der Waals surface area contributed by atoms with Gasteiger partial charge in [-0.25, -0.2) is 0 Å². The largest absolute Gasteiger partial charge is 0.465 e. The standard InChI is InChI=1S/C15H31N3O2/c1-4-8-16-14(15(19)20-6-3)7-9-18-12-10-17(5-2)11-13-18/h14,16H,4-13H2,1-3H3. The van der Waals surface area contributed by atoms with Crippen LogP contribution in [-0.4, -0.2) is 74.2 Å². The molecule has 0 saturated carbocycles. The Kier molecular flexibility index (Phi) is 8.82. The van der Waals surface area contributed by atoms with Crippen molar-refractivity contribution in [2.24, 2.45) is 0 Å². The lowest BCUT2D eigenvalue weighted by atomic mass is 10.1. The molecule has 0 aliphatic carbocycles. The molecule has 1 unspecified atom stereocenters. The zero-order chi connectivity index (χ0) is 14.8. The zero-order valence-corrected chi connectivity index (χ0v) is 13.4. The summed E-state index contributed by atoms with van der Waals surface area (Å²) in [5, 5.41) is 3.30. The molecule has 20 heavy (non-hydrogen) atoms. The lowest BCUT2D eigenvalue weighted by molar-refractivity contribution is -0.146. The van der Waals surface area contributed by atoms with E-state index in [1.54, 1.807) is 0 Å². The van der Waals surface area contributed by atoms with Crippen LogP contribution in [-0.2, 0) is 9.53 Å². The van der Waals surface area contributed by atoms with E-state index in [0.29, 0.717) is 6.61 Å². The number of ether oxygens (including phenoxy) is 1. The molecule has 0 aromatic carbocycles. The summed E-state index contributed by atoms with van der Waals surface area (Å²) < 4.78 is 5.15. The Balaban J connectivity index is 2.32. The fraction of sp³-hybridized carbons (Fsp3) is 0.933. The molecule has 1 aliphatic rings. The smallest absolute Gasteiger partial charge is 0.323 e. The van der Waals surface area contributed by atoms with E-state index in [0.717, 1.165) is 58.7 Å². The average Bonchev–Trinajstić information content (AvgIpc) is 2.48. The second-order valence-corrected chi connectivity index (χ2v) is 5.32. The number of nitrogens with zero attached hydrogens (tertiary/aromatic N) is 2. The van der Waals surface area contributed by atoms with E-state index in [4.69, 9.17) is 4.74 Å². The van der Waals surface area contributed by atoms with Crippen LogP contribution in [0.5, 0.6) is 0 Å². The number of piperazine rings is 1. The molecule has 5 nitrogen and oxygen atoms in total. The first kappa shape index (κ1) is 17.4. The molecule has 118 valence electrons. The van der Waals surface area contributed by atoms with Gasteiger partial charge in [-0.05, 0) is 32.9 Å². The van der Waals surface area contributed by atoms with Gasteiger partial charge in [-0.1, -0.05) is 13.8 Å². The van der Waals surface area contributed by atoms with Crippen LogP contribution in [0.4, 0.5) is 0 Å². The van der Waals surface area contributed by atoms with Crippen molar-refractivity contribution >= 4 is 5.97 Å². The van der Waals surface area contributed by atoms with Crippen molar-refractivity contribution in [2.75, 3.05) is 52.4 Å². The van der Waals surface area contributed by atoms with Crippen molar-refractivity contribution in [1.29, 1.82) is 0 Å². The van der Waals surface area contributed by atoms with Gasteiger partial charge in [-0.2, -0.15) is 0 Å². The van der Waals surface area contributed by atoms with Gasteiger partial charge < -0.3 is 19.9 Å². The summed E-state index contributed by atoms with van der Waals surface area (Å²) in [5.41, 5.74) is 0. The van der Waals surface area contributed by atoms with Crippen molar-refractivity contribution in [3.8, 4) is 0 Å². The summed E-state index contributed by atoms with van der Waals surface area (Å²) in [6.07, 6.45) is 1.87. The van der Waals surface area contributed by atoms with Crippen molar-refractivity contribution in [2.45, 2.75) is 39.7 Å². The molecule has 0 aromatic heterocycles. The normalized spacial score (nSPS) is 18.9. The molecule has 1 heterocycles. The highest BCUT2D eigenvalue weighted by molar-refractivity contribution is 5.75. The Morgan fingerprint density at radius 2 is 1.80 bits per heavy atom. The van der Waals surface area contributed by atoms with E-state index in [1.165, 1.54) is 0 Å². The third kappa shape index (κ3) is 6.20. The fourth-order valence-corrected chi connectivity index (χ4v) is 2.51. The van der Waals surface area contributed by atoms with Crippen LogP contribution in [0.3, 0.4) is 0 Å². The van der Waals surface area contributed by atoms with Crippen LogP contribution in [0.1, 0.15) is 33.6 Å². The van der Waals surface area contributed by atoms with Crippen LogP contribution in [0.25, 0.3) is 0 Å². The molecule has 1 atom stereocenters. The van der Waals surface area contributed by atoms with Gasteiger partial charge in [0.15, 0.2) is 0 Å². The molecule has 1 rings (SSSR count). The molecule has 5 heteroatoms. The number of carbonyl (C=O) groups is 1. The van der Waals surface area contributed by atoms with Gasteiger partial charge in [0.05, 0.1) is 6.61 Å². The third-order valence-corrected chi connectivity index (χ3v) is 3.86. The van der Waals surface area contributed by atoms with Gasteiger partial charge in [0.1, 0.15) is 6.04 Å². The minimum Gasteiger partial charge on any atom is -0.465 e. The predicted molar refractivity (Wildman–Crippen MR) is 81.9 cm³/mol. The van der Waals surface area contributed by atoms with Crippen molar-refractivity contribution in [3.05, 3.63) is 0 Å². The molecule has 1 saturated heterocycles. The van der Waals surface area contributed by atoms with E-state index < -0.39 is 0 Å². The summed E-state index contributed by atoms with van der Waals surface area (Å²) in [4.78, 5) is 16.8. The van der Waals surface area contributed by atoms with E-state index >= 15 is 0 Å². The van der Waals surface area contributed by atoms with Gasteiger partial charge in [0.2, 0.25) is 0 Å².